The molecule has 2 aromatic rings. The largest absolute Gasteiger partial charge is 0.389 e. The summed E-state index contributed by atoms with van der Waals surface area (Å²) < 4.78 is 41.1. The Morgan fingerprint density at radius 2 is 1.95 bits per heavy atom. The summed E-state index contributed by atoms with van der Waals surface area (Å²) in [5.41, 5.74) is 1.05. The Morgan fingerprint density at radius 1 is 1.24 bits per heavy atom. The number of hydrogen-bond acceptors (Lipinski definition) is 4. The molecule has 2 heterocycles. The van der Waals surface area contributed by atoms with Gasteiger partial charge in [-0.2, -0.15) is 13.2 Å². The number of fused-ring (bicyclic) bond motifs is 1. The quantitative estimate of drug-likeness (QED) is 0.579. The molecule has 0 saturated carbocycles. The smallest absolute Gasteiger partial charge is 0.373 e. The lowest BCUT2D eigenvalue weighted by Crippen LogP contribution is -2.09. The number of halogens is 4. The van der Waals surface area contributed by atoms with Crippen LogP contribution in [0.15, 0.2) is 0 Å². The number of ether oxygens (including phenoxy) is 1. The molecule has 0 N–H and O–H groups in total. The number of rotatable bonds is 5. The molecule has 0 amide bonds. The van der Waals surface area contributed by atoms with Crippen LogP contribution in [0, 0.1) is 13.8 Å². The number of nitrogens with zero attached hydrogens (tertiary/aromatic N) is 2. The maximum absolute atomic E-state index is 12.0. The van der Waals surface area contributed by atoms with Crippen molar-refractivity contribution in [2.24, 2.45) is 0 Å². The molecule has 21 heavy (non-hydrogen) atoms. The van der Waals surface area contributed by atoms with E-state index in [9.17, 15) is 13.2 Å². The minimum Gasteiger partial charge on any atom is -0.373 e. The van der Waals surface area contributed by atoms with E-state index in [0.29, 0.717) is 11.0 Å². The fraction of sp³-hybridized carbons (Fsp3) is 0.538. The maximum atomic E-state index is 12.0. The van der Waals surface area contributed by atoms with Gasteiger partial charge in [-0.3, -0.25) is 0 Å². The highest BCUT2D eigenvalue weighted by Crippen LogP contribution is 2.32. The average Bonchev–Trinajstić information content (AvgIpc) is 2.63. The third kappa shape index (κ3) is 4.28. The van der Waals surface area contributed by atoms with E-state index < -0.39 is 12.6 Å². The molecular formula is C13H14ClF3N2OS. The van der Waals surface area contributed by atoms with Crippen LogP contribution >= 0.6 is 22.9 Å². The van der Waals surface area contributed by atoms with Gasteiger partial charge in [0.15, 0.2) is 5.82 Å². The van der Waals surface area contributed by atoms with Crippen molar-refractivity contribution in [3.8, 4) is 0 Å². The Hall–Kier alpha value is -0.920. The van der Waals surface area contributed by atoms with E-state index in [2.05, 4.69) is 9.97 Å². The topological polar surface area (TPSA) is 35.0 Å². The second-order valence-corrected chi connectivity index (χ2v) is 6.23. The Balaban J connectivity index is 1.97. The molecular weight excluding hydrogens is 325 g/mol. The van der Waals surface area contributed by atoms with Crippen molar-refractivity contribution < 1.29 is 17.9 Å². The van der Waals surface area contributed by atoms with Crippen LogP contribution < -0.4 is 0 Å². The van der Waals surface area contributed by atoms with Gasteiger partial charge in [0, 0.05) is 17.9 Å². The molecule has 0 aliphatic rings. The minimum atomic E-state index is -4.14. The summed E-state index contributed by atoms with van der Waals surface area (Å²) in [4.78, 5) is 10.4. The second-order valence-electron chi connectivity index (χ2n) is 4.67. The zero-order valence-corrected chi connectivity index (χ0v) is 13.1. The Labute approximate surface area is 129 Å². The van der Waals surface area contributed by atoms with Crippen LogP contribution in [-0.2, 0) is 11.3 Å². The van der Waals surface area contributed by atoms with Gasteiger partial charge in [-0.1, -0.05) is 11.6 Å². The number of thiophene rings is 1. The fourth-order valence-corrected chi connectivity index (χ4v) is 3.28. The summed E-state index contributed by atoms with van der Waals surface area (Å²) in [5, 5.41) is 1.19. The maximum Gasteiger partial charge on any atom is 0.389 e. The highest BCUT2D eigenvalue weighted by Gasteiger charge is 2.25. The summed E-state index contributed by atoms with van der Waals surface area (Å²) in [7, 11) is 0. The molecule has 8 heteroatoms. The zero-order chi connectivity index (χ0) is 15.6. The molecule has 2 aromatic heterocycles. The van der Waals surface area contributed by atoms with Gasteiger partial charge in [-0.05, 0) is 25.8 Å². The molecule has 0 saturated heterocycles. The van der Waals surface area contributed by atoms with Crippen LogP contribution in [0.1, 0.15) is 29.1 Å². The number of alkyl halides is 3. The van der Waals surface area contributed by atoms with E-state index in [0.717, 1.165) is 20.7 Å². The van der Waals surface area contributed by atoms with Gasteiger partial charge in [0.25, 0.3) is 0 Å². The molecule has 0 spiro atoms. The van der Waals surface area contributed by atoms with Gasteiger partial charge >= 0.3 is 6.18 Å². The predicted octanol–water partition coefficient (Wildman–Crippen LogP) is 4.82. The van der Waals surface area contributed by atoms with Crippen LogP contribution in [0.2, 0.25) is 5.15 Å². The van der Waals surface area contributed by atoms with Gasteiger partial charge in [0.1, 0.15) is 16.6 Å². The Kier molecular flexibility index (Phi) is 5.06. The van der Waals surface area contributed by atoms with E-state index in [-0.39, 0.29) is 19.6 Å². The first-order chi connectivity index (χ1) is 9.78. The van der Waals surface area contributed by atoms with Gasteiger partial charge < -0.3 is 4.74 Å². The van der Waals surface area contributed by atoms with Crippen LogP contribution in [0.3, 0.4) is 0 Å². The fourth-order valence-electron chi connectivity index (χ4n) is 1.84. The van der Waals surface area contributed by atoms with Gasteiger partial charge in [-0.15, -0.1) is 11.3 Å². The van der Waals surface area contributed by atoms with Gasteiger partial charge in [0.05, 0.1) is 5.39 Å². The SMILES string of the molecule is Cc1sc2nc(COCCCC(F)(F)F)nc(Cl)c2c1C. The number of aromatic nitrogens is 2. The van der Waals surface area contributed by atoms with Crippen LogP contribution in [-0.4, -0.2) is 22.8 Å². The van der Waals surface area contributed by atoms with Gasteiger partial charge in [-0.25, -0.2) is 9.97 Å². The molecule has 0 radical (unpaired) electrons. The molecule has 0 aliphatic heterocycles. The first kappa shape index (κ1) is 16.5. The van der Waals surface area contributed by atoms with E-state index in [1.165, 1.54) is 11.3 Å². The molecule has 2 rings (SSSR count). The lowest BCUT2D eigenvalue weighted by atomic mass is 10.2. The lowest BCUT2D eigenvalue weighted by molar-refractivity contribution is -0.138. The highest BCUT2D eigenvalue weighted by atomic mass is 35.5. The summed E-state index contributed by atoms with van der Waals surface area (Å²) in [6.45, 7) is 4.01. The molecule has 0 bridgehead atoms. The zero-order valence-electron chi connectivity index (χ0n) is 11.6. The normalized spacial score (nSPS) is 12.3. The van der Waals surface area contributed by atoms with Crippen molar-refractivity contribution in [2.45, 2.75) is 39.5 Å². The standard InChI is InChI=1S/C13H14ClF3N2OS/c1-7-8(2)21-12-10(7)11(14)18-9(19-12)6-20-5-3-4-13(15,16)17/h3-6H2,1-2H3. The molecule has 0 fully saturated rings. The third-order valence-corrected chi connectivity index (χ3v) is 4.39. The predicted molar refractivity (Wildman–Crippen MR) is 76.8 cm³/mol. The first-order valence-electron chi connectivity index (χ1n) is 6.34. The van der Waals surface area contributed by atoms with Gasteiger partial charge in [0.2, 0.25) is 0 Å². The Morgan fingerprint density at radius 3 is 2.62 bits per heavy atom. The van der Waals surface area contributed by atoms with Crippen LogP contribution in [0.5, 0.6) is 0 Å². The number of aryl methyl sites for hydroxylation is 2. The van der Waals surface area contributed by atoms with Crippen molar-refractivity contribution >= 4 is 33.2 Å². The van der Waals surface area contributed by atoms with Crippen LogP contribution in [0.4, 0.5) is 13.2 Å². The summed E-state index contributed by atoms with van der Waals surface area (Å²) in [6.07, 6.45) is -5.07. The highest BCUT2D eigenvalue weighted by molar-refractivity contribution is 7.18. The van der Waals surface area contributed by atoms with E-state index >= 15 is 0 Å². The van der Waals surface area contributed by atoms with Crippen molar-refractivity contribution in [1.82, 2.24) is 9.97 Å². The summed E-state index contributed by atoms with van der Waals surface area (Å²) in [5.74, 6) is 0.390. The molecule has 0 atom stereocenters. The van der Waals surface area contributed by atoms with Crippen LogP contribution in [0.25, 0.3) is 10.2 Å². The lowest BCUT2D eigenvalue weighted by Gasteiger charge is -2.06. The van der Waals surface area contributed by atoms with Crippen molar-refractivity contribution in [3.63, 3.8) is 0 Å². The van der Waals surface area contributed by atoms with Crippen molar-refractivity contribution in [3.05, 3.63) is 21.4 Å². The molecule has 116 valence electrons. The number of hydrogen-bond donors (Lipinski definition) is 0. The van der Waals surface area contributed by atoms with Crippen molar-refractivity contribution in [1.29, 1.82) is 0 Å². The first-order valence-corrected chi connectivity index (χ1v) is 7.54. The second kappa shape index (κ2) is 6.46. The molecule has 3 nitrogen and oxygen atoms in total. The summed E-state index contributed by atoms with van der Waals surface area (Å²) >= 11 is 7.65. The minimum absolute atomic E-state index is 0.0149. The van der Waals surface area contributed by atoms with Crippen molar-refractivity contribution in [2.75, 3.05) is 6.61 Å². The molecule has 0 aromatic carbocycles. The van der Waals surface area contributed by atoms with E-state index in [1.807, 2.05) is 13.8 Å². The van der Waals surface area contributed by atoms with E-state index in [4.69, 9.17) is 16.3 Å². The Bertz CT molecular complexity index is 642. The van der Waals surface area contributed by atoms with E-state index in [1.54, 1.807) is 0 Å². The average molecular weight is 339 g/mol. The molecule has 0 aliphatic carbocycles. The third-order valence-electron chi connectivity index (χ3n) is 3.01. The monoisotopic (exact) mass is 338 g/mol. The molecule has 0 unspecified atom stereocenters. The summed E-state index contributed by atoms with van der Waals surface area (Å²) in [6, 6.07) is 0.